The summed E-state index contributed by atoms with van der Waals surface area (Å²) in [6.45, 7) is 6.66. The SMILES string of the molecule is C=C(C)/C=C\C=C/NCc1ccc(-c2ccc3c(c2)-c2cc4c(c5cccc-3c25)-c2ccccc2C4)cc1. The van der Waals surface area contributed by atoms with Crippen LogP contribution in [0.2, 0.25) is 0 Å². The Balaban J connectivity index is 1.20. The third-order valence-electron chi connectivity index (χ3n) is 7.81. The van der Waals surface area contributed by atoms with Gasteiger partial charge in [-0.3, -0.25) is 0 Å². The molecule has 0 heterocycles. The molecule has 182 valence electrons. The minimum Gasteiger partial charge on any atom is -0.387 e. The highest BCUT2D eigenvalue weighted by Crippen LogP contribution is 2.53. The Morgan fingerprint density at radius 3 is 2.42 bits per heavy atom. The van der Waals surface area contributed by atoms with Crippen molar-refractivity contribution in [3.05, 3.63) is 144 Å². The lowest BCUT2D eigenvalue weighted by Gasteiger charge is -2.10. The topological polar surface area (TPSA) is 12.0 Å². The first-order valence-corrected chi connectivity index (χ1v) is 13.3. The van der Waals surface area contributed by atoms with E-state index in [-0.39, 0.29) is 0 Å². The maximum Gasteiger partial charge on any atom is 0.0395 e. The molecule has 0 bridgehead atoms. The molecule has 0 saturated heterocycles. The fourth-order valence-electron chi connectivity index (χ4n) is 6.08. The zero-order valence-electron chi connectivity index (χ0n) is 21.6. The second-order valence-electron chi connectivity index (χ2n) is 10.4. The van der Waals surface area contributed by atoms with Gasteiger partial charge in [0.05, 0.1) is 0 Å². The van der Waals surface area contributed by atoms with Gasteiger partial charge in [0.15, 0.2) is 0 Å². The summed E-state index contributed by atoms with van der Waals surface area (Å²) in [6, 6.07) is 34.1. The van der Waals surface area contributed by atoms with Crippen molar-refractivity contribution in [2.24, 2.45) is 0 Å². The fraction of sp³-hybridized carbons (Fsp3) is 0.0811. The van der Waals surface area contributed by atoms with E-state index in [1.54, 1.807) is 0 Å². The van der Waals surface area contributed by atoms with E-state index in [0.29, 0.717) is 0 Å². The molecule has 7 rings (SSSR count). The number of fused-ring (bicyclic) bond motifs is 7. The molecule has 0 saturated carbocycles. The number of allylic oxidation sites excluding steroid dienone is 4. The number of nitrogens with one attached hydrogen (secondary N) is 1. The highest BCUT2D eigenvalue weighted by atomic mass is 14.8. The van der Waals surface area contributed by atoms with E-state index in [1.165, 1.54) is 72.0 Å². The van der Waals surface area contributed by atoms with Crippen molar-refractivity contribution >= 4 is 10.8 Å². The van der Waals surface area contributed by atoms with Crippen LogP contribution in [0.25, 0.3) is 55.3 Å². The van der Waals surface area contributed by atoms with E-state index >= 15 is 0 Å². The van der Waals surface area contributed by atoms with E-state index in [0.717, 1.165) is 18.5 Å². The Kier molecular flexibility index (Phi) is 5.37. The molecule has 38 heavy (non-hydrogen) atoms. The lowest BCUT2D eigenvalue weighted by molar-refractivity contribution is 0.870. The maximum absolute atomic E-state index is 3.87. The summed E-state index contributed by atoms with van der Waals surface area (Å²) in [7, 11) is 0. The third-order valence-corrected chi connectivity index (χ3v) is 7.81. The van der Waals surface area contributed by atoms with Gasteiger partial charge in [0, 0.05) is 6.54 Å². The first kappa shape index (κ1) is 22.6. The molecular weight excluding hydrogens is 458 g/mol. The second-order valence-corrected chi connectivity index (χ2v) is 10.4. The molecule has 5 aromatic carbocycles. The molecule has 0 aromatic heterocycles. The zero-order valence-corrected chi connectivity index (χ0v) is 21.6. The molecule has 1 heteroatoms. The molecule has 0 fully saturated rings. The van der Waals surface area contributed by atoms with Crippen molar-refractivity contribution < 1.29 is 0 Å². The molecule has 2 aliphatic rings. The van der Waals surface area contributed by atoms with Gasteiger partial charge < -0.3 is 5.32 Å². The Morgan fingerprint density at radius 2 is 1.55 bits per heavy atom. The van der Waals surface area contributed by atoms with Crippen LogP contribution in [0, 0.1) is 0 Å². The molecule has 0 aliphatic heterocycles. The normalized spacial score (nSPS) is 12.8. The summed E-state index contributed by atoms with van der Waals surface area (Å²) < 4.78 is 0. The minimum absolute atomic E-state index is 0.798. The highest BCUT2D eigenvalue weighted by Gasteiger charge is 2.28. The average molecular weight is 488 g/mol. The first-order chi connectivity index (χ1) is 18.7. The van der Waals surface area contributed by atoms with Gasteiger partial charge in [0.2, 0.25) is 0 Å². The van der Waals surface area contributed by atoms with Crippen LogP contribution >= 0.6 is 0 Å². The predicted octanol–water partition coefficient (Wildman–Crippen LogP) is 9.46. The molecule has 5 aromatic rings. The Labute approximate surface area is 224 Å². The lowest BCUT2D eigenvalue weighted by Crippen LogP contribution is -2.03. The van der Waals surface area contributed by atoms with Crippen molar-refractivity contribution in [2.75, 3.05) is 0 Å². The van der Waals surface area contributed by atoms with E-state index < -0.39 is 0 Å². The molecule has 0 atom stereocenters. The number of hydrogen-bond acceptors (Lipinski definition) is 1. The molecule has 1 nitrogen and oxygen atoms in total. The van der Waals surface area contributed by atoms with E-state index in [9.17, 15) is 0 Å². The average Bonchev–Trinajstić information content (AvgIpc) is 3.47. The summed E-state index contributed by atoms with van der Waals surface area (Å²) in [4.78, 5) is 0. The summed E-state index contributed by atoms with van der Waals surface area (Å²) in [5.74, 6) is 0. The van der Waals surface area contributed by atoms with Crippen LogP contribution in [0.15, 0.2) is 128 Å². The van der Waals surface area contributed by atoms with E-state index in [2.05, 4.69) is 103 Å². The van der Waals surface area contributed by atoms with Gasteiger partial charge in [-0.2, -0.15) is 0 Å². The second kappa shape index (κ2) is 9.04. The maximum atomic E-state index is 3.87. The van der Waals surface area contributed by atoms with Gasteiger partial charge in [-0.1, -0.05) is 103 Å². The van der Waals surface area contributed by atoms with Crippen molar-refractivity contribution in [1.29, 1.82) is 0 Å². The van der Waals surface area contributed by atoms with Gasteiger partial charge in [-0.05, 0) is 110 Å². The van der Waals surface area contributed by atoms with Crippen LogP contribution in [-0.2, 0) is 13.0 Å². The van der Waals surface area contributed by atoms with Gasteiger partial charge in [-0.25, -0.2) is 0 Å². The Hall–Kier alpha value is -4.62. The number of hydrogen-bond donors (Lipinski definition) is 1. The van der Waals surface area contributed by atoms with Gasteiger partial charge in [-0.15, -0.1) is 0 Å². The number of benzene rings is 5. The monoisotopic (exact) mass is 487 g/mol. The van der Waals surface area contributed by atoms with Crippen LogP contribution in [-0.4, -0.2) is 0 Å². The summed E-state index contributed by atoms with van der Waals surface area (Å²) in [5.41, 5.74) is 16.0. The van der Waals surface area contributed by atoms with Crippen molar-refractivity contribution in [1.82, 2.24) is 5.32 Å². The molecular formula is C37H29N. The standard InChI is InChI=1S/C37H29N/c1-24(2)8-5-6-19-38-23-25-13-15-26(16-14-25)27-17-18-31-32-11-7-12-33-36-29(20-28-9-3-4-10-30(28)36)22-35(37(32)33)34(31)21-27/h3-19,21-22,38H,1,20,23H2,2H3/b8-5-,19-6-. The Morgan fingerprint density at radius 1 is 0.737 bits per heavy atom. The largest absolute Gasteiger partial charge is 0.387 e. The fourth-order valence-corrected chi connectivity index (χ4v) is 6.08. The van der Waals surface area contributed by atoms with Crippen LogP contribution in [0.5, 0.6) is 0 Å². The third kappa shape index (κ3) is 3.71. The van der Waals surface area contributed by atoms with Gasteiger partial charge in [0.1, 0.15) is 0 Å². The number of rotatable bonds is 6. The van der Waals surface area contributed by atoms with Gasteiger partial charge >= 0.3 is 0 Å². The van der Waals surface area contributed by atoms with Crippen LogP contribution in [0.1, 0.15) is 23.6 Å². The van der Waals surface area contributed by atoms with Crippen molar-refractivity contribution in [3.63, 3.8) is 0 Å². The lowest BCUT2D eigenvalue weighted by atomic mass is 9.93. The van der Waals surface area contributed by atoms with Crippen LogP contribution < -0.4 is 5.32 Å². The quantitative estimate of drug-likeness (QED) is 0.230. The van der Waals surface area contributed by atoms with E-state index in [1.807, 2.05) is 31.4 Å². The highest BCUT2D eigenvalue weighted by molar-refractivity contribution is 6.20. The Bertz CT molecular complexity index is 1800. The first-order valence-electron chi connectivity index (χ1n) is 13.3. The molecule has 0 spiro atoms. The summed E-state index contributed by atoms with van der Waals surface area (Å²) >= 11 is 0. The summed E-state index contributed by atoms with van der Waals surface area (Å²) in [5, 5.41) is 6.15. The molecule has 1 N–H and O–H groups in total. The minimum atomic E-state index is 0.798. The van der Waals surface area contributed by atoms with Crippen molar-refractivity contribution in [2.45, 2.75) is 19.9 Å². The molecule has 2 aliphatic carbocycles. The summed E-state index contributed by atoms with van der Waals surface area (Å²) in [6.07, 6.45) is 8.98. The zero-order chi connectivity index (χ0) is 25.6. The molecule has 0 unspecified atom stereocenters. The van der Waals surface area contributed by atoms with Crippen LogP contribution in [0.3, 0.4) is 0 Å². The van der Waals surface area contributed by atoms with Crippen LogP contribution in [0.4, 0.5) is 0 Å². The molecule has 0 radical (unpaired) electrons. The van der Waals surface area contributed by atoms with Gasteiger partial charge in [0.25, 0.3) is 0 Å². The van der Waals surface area contributed by atoms with Crippen molar-refractivity contribution in [3.8, 4) is 44.5 Å². The molecule has 0 amide bonds. The smallest absolute Gasteiger partial charge is 0.0395 e. The van der Waals surface area contributed by atoms with E-state index in [4.69, 9.17) is 0 Å². The predicted molar refractivity (Wildman–Crippen MR) is 162 cm³/mol.